The fourth-order valence-corrected chi connectivity index (χ4v) is 5.32. The van der Waals surface area contributed by atoms with Gasteiger partial charge in [0.2, 0.25) is 0 Å². The third-order valence-electron chi connectivity index (χ3n) is 5.86. The first-order chi connectivity index (χ1) is 7.71. The van der Waals surface area contributed by atoms with Gasteiger partial charge in [0.1, 0.15) is 0 Å². The van der Waals surface area contributed by atoms with E-state index in [1.807, 2.05) is 0 Å². The van der Waals surface area contributed by atoms with Crippen LogP contribution < -0.4 is 11.5 Å². The molecular weight excluding hydrogens is 196 g/mol. The quantitative estimate of drug-likeness (QED) is 0.718. The highest BCUT2D eigenvalue weighted by Gasteiger charge is 2.57. The molecule has 0 aliphatic heterocycles. The number of hydrogen-bond donors (Lipinski definition) is 2. The second-order valence-corrected chi connectivity index (χ2v) is 6.62. The van der Waals surface area contributed by atoms with Gasteiger partial charge in [-0.1, -0.05) is 12.8 Å². The van der Waals surface area contributed by atoms with Crippen molar-refractivity contribution in [3.63, 3.8) is 0 Å². The molecule has 3 aliphatic rings. The molecule has 0 aromatic carbocycles. The van der Waals surface area contributed by atoms with Crippen molar-refractivity contribution < 1.29 is 0 Å². The van der Waals surface area contributed by atoms with Crippen LogP contribution in [0.5, 0.6) is 0 Å². The second kappa shape index (κ2) is 3.99. The summed E-state index contributed by atoms with van der Waals surface area (Å²) in [5.74, 6) is 3.29. The Balaban J connectivity index is 1.63. The maximum absolute atomic E-state index is 5.66. The van der Waals surface area contributed by atoms with Gasteiger partial charge in [0.25, 0.3) is 0 Å². The molecule has 4 atom stereocenters. The monoisotopic (exact) mass is 222 g/mol. The van der Waals surface area contributed by atoms with Gasteiger partial charge in [-0.2, -0.15) is 0 Å². The Labute approximate surface area is 99.1 Å². The van der Waals surface area contributed by atoms with E-state index >= 15 is 0 Å². The summed E-state index contributed by atoms with van der Waals surface area (Å²) in [5, 5.41) is 0. The van der Waals surface area contributed by atoms with Crippen LogP contribution >= 0.6 is 0 Å². The summed E-state index contributed by atoms with van der Waals surface area (Å²) in [4.78, 5) is 0. The molecule has 3 fully saturated rings. The molecule has 2 heteroatoms. The van der Waals surface area contributed by atoms with Gasteiger partial charge in [-0.05, 0) is 68.1 Å². The van der Waals surface area contributed by atoms with Crippen LogP contribution in [-0.2, 0) is 0 Å². The molecule has 92 valence electrons. The molecule has 0 saturated heterocycles. The largest absolute Gasteiger partial charge is 0.316 e. The summed E-state index contributed by atoms with van der Waals surface area (Å²) in [6, 6.07) is 0. The molecule has 4 unspecified atom stereocenters. The van der Waals surface area contributed by atoms with Crippen LogP contribution in [-0.4, -0.2) is 6.17 Å². The van der Waals surface area contributed by atoms with Crippen LogP contribution in [0, 0.1) is 23.2 Å². The SMILES string of the molecule is NC(N)CCCC12CCC(C1)C1CCCC12. The molecular formula is C14H26N2. The molecule has 2 nitrogen and oxygen atoms in total. The van der Waals surface area contributed by atoms with Crippen molar-refractivity contribution >= 4 is 0 Å². The summed E-state index contributed by atoms with van der Waals surface area (Å²) in [7, 11) is 0. The zero-order chi connectivity index (χ0) is 11.2. The minimum atomic E-state index is -0.0885. The molecule has 2 bridgehead atoms. The van der Waals surface area contributed by atoms with Gasteiger partial charge in [-0.15, -0.1) is 0 Å². The van der Waals surface area contributed by atoms with Crippen molar-refractivity contribution in [3.05, 3.63) is 0 Å². The third kappa shape index (κ3) is 1.62. The van der Waals surface area contributed by atoms with E-state index in [-0.39, 0.29) is 6.17 Å². The second-order valence-electron chi connectivity index (χ2n) is 6.62. The van der Waals surface area contributed by atoms with E-state index in [0.29, 0.717) is 0 Å². The zero-order valence-electron chi connectivity index (χ0n) is 10.3. The minimum Gasteiger partial charge on any atom is -0.316 e. The average molecular weight is 222 g/mol. The lowest BCUT2D eigenvalue weighted by Gasteiger charge is -2.36. The van der Waals surface area contributed by atoms with Crippen molar-refractivity contribution in [3.8, 4) is 0 Å². The van der Waals surface area contributed by atoms with E-state index in [0.717, 1.165) is 29.6 Å². The number of nitrogens with two attached hydrogens (primary N) is 2. The summed E-state index contributed by atoms with van der Waals surface area (Å²) < 4.78 is 0. The summed E-state index contributed by atoms with van der Waals surface area (Å²) in [6.45, 7) is 0. The van der Waals surface area contributed by atoms with Crippen LogP contribution in [0.15, 0.2) is 0 Å². The van der Waals surface area contributed by atoms with Crippen LogP contribution in [0.1, 0.15) is 57.8 Å². The normalized spacial score (nSPS) is 45.6. The van der Waals surface area contributed by atoms with Crippen LogP contribution in [0.4, 0.5) is 0 Å². The molecule has 16 heavy (non-hydrogen) atoms. The first-order valence-electron chi connectivity index (χ1n) is 7.22. The van der Waals surface area contributed by atoms with Gasteiger partial charge >= 0.3 is 0 Å². The van der Waals surface area contributed by atoms with Gasteiger partial charge in [0.15, 0.2) is 0 Å². The number of hydrogen-bond acceptors (Lipinski definition) is 2. The minimum absolute atomic E-state index is 0.0885. The fraction of sp³-hybridized carbons (Fsp3) is 1.00. The van der Waals surface area contributed by atoms with E-state index in [1.54, 1.807) is 6.42 Å². The lowest BCUT2D eigenvalue weighted by atomic mass is 9.69. The molecule has 0 aromatic rings. The van der Waals surface area contributed by atoms with Crippen LogP contribution in [0.2, 0.25) is 0 Å². The number of fused-ring (bicyclic) bond motifs is 5. The number of rotatable bonds is 4. The lowest BCUT2D eigenvalue weighted by Crippen LogP contribution is -2.32. The highest BCUT2D eigenvalue weighted by atomic mass is 14.8. The molecule has 4 N–H and O–H groups in total. The highest BCUT2D eigenvalue weighted by molar-refractivity contribution is 5.07. The molecule has 3 saturated carbocycles. The van der Waals surface area contributed by atoms with E-state index < -0.39 is 0 Å². The zero-order valence-corrected chi connectivity index (χ0v) is 10.3. The summed E-state index contributed by atoms with van der Waals surface area (Å²) in [5.41, 5.74) is 12.1. The van der Waals surface area contributed by atoms with E-state index in [4.69, 9.17) is 11.5 Å². The van der Waals surface area contributed by atoms with E-state index in [2.05, 4.69) is 0 Å². The standard InChI is InChI=1S/C14H26N2/c15-13(16)5-2-7-14-8-6-10(9-14)11-3-1-4-12(11)14/h10-13H,1-9,15-16H2. The predicted octanol–water partition coefficient (Wildman–Crippen LogP) is 2.62. The van der Waals surface area contributed by atoms with Crippen molar-refractivity contribution in [2.45, 2.75) is 64.0 Å². The highest BCUT2D eigenvalue weighted by Crippen LogP contribution is 2.67. The molecule has 0 amide bonds. The maximum atomic E-state index is 5.66. The molecule has 0 heterocycles. The van der Waals surface area contributed by atoms with Gasteiger partial charge in [-0.25, -0.2) is 0 Å². The van der Waals surface area contributed by atoms with Gasteiger partial charge < -0.3 is 11.5 Å². The van der Waals surface area contributed by atoms with Gasteiger partial charge in [0.05, 0.1) is 6.17 Å². The van der Waals surface area contributed by atoms with Crippen LogP contribution in [0.3, 0.4) is 0 Å². The summed E-state index contributed by atoms with van der Waals surface area (Å²) >= 11 is 0. The smallest absolute Gasteiger partial charge is 0.0520 e. The Morgan fingerprint density at radius 3 is 2.88 bits per heavy atom. The molecule has 3 rings (SSSR count). The summed E-state index contributed by atoms with van der Waals surface area (Å²) in [6.07, 6.45) is 12.7. The Hall–Kier alpha value is -0.0800. The molecule has 0 radical (unpaired) electrons. The van der Waals surface area contributed by atoms with Crippen molar-refractivity contribution in [2.75, 3.05) is 0 Å². The van der Waals surface area contributed by atoms with Gasteiger partial charge in [0, 0.05) is 0 Å². The van der Waals surface area contributed by atoms with E-state index in [9.17, 15) is 0 Å². The Morgan fingerprint density at radius 1 is 1.19 bits per heavy atom. The average Bonchev–Trinajstić information content (AvgIpc) is 2.87. The Bertz CT molecular complexity index is 263. The molecule has 0 spiro atoms. The van der Waals surface area contributed by atoms with Crippen molar-refractivity contribution in [2.24, 2.45) is 34.6 Å². The van der Waals surface area contributed by atoms with Crippen molar-refractivity contribution in [1.29, 1.82) is 0 Å². The van der Waals surface area contributed by atoms with Gasteiger partial charge in [-0.3, -0.25) is 0 Å². The predicted molar refractivity (Wildman–Crippen MR) is 66.6 cm³/mol. The topological polar surface area (TPSA) is 52.0 Å². The Morgan fingerprint density at radius 2 is 2.06 bits per heavy atom. The van der Waals surface area contributed by atoms with E-state index in [1.165, 1.54) is 44.9 Å². The van der Waals surface area contributed by atoms with Crippen LogP contribution in [0.25, 0.3) is 0 Å². The van der Waals surface area contributed by atoms with Crippen molar-refractivity contribution in [1.82, 2.24) is 0 Å². The molecule has 0 aromatic heterocycles. The first kappa shape index (κ1) is 11.0. The maximum Gasteiger partial charge on any atom is 0.0520 e. The first-order valence-corrected chi connectivity index (χ1v) is 7.22. The Kier molecular flexibility index (Phi) is 2.75. The molecule has 3 aliphatic carbocycles. The fourth-order valence-electron chi connectivity index (χ4n) is 5.32. The third-order valence-corrected chi connectivity index (χ3v) is 5.86. The lowest BCUT2D eigenvalue weighted by molar-refractivity contribution is 0.136.